The number of hydrogen-bond donors (Lipinski definition) is 1. The van der Waals surface area contributed by atoms with E-state index in [4.69, 9.17) is 9.47 Å². The molecule has 5 nitrogen and oxygen atoms in total. The van der Waals surface area contributed by atoms with E-state index in [0.29, 0.717) is 12.1 Å². The predicted octanol–water partition coefficient (Wildman–Crippen LogP) is 2.87. The summed E-state index contributed by atoms with van der Waals surface area (Å²) in [5.41, 5.74) is 0.578. The minimum atomic E-state index is -0.705. The second-order valence-corrected chi connectivity index (χ2v) is 9.78. The molecule has 3 saturated heterocycles. The van der Waals surface area contributed by atoms with Crippen LogP contribution in [0.3, 0.4) is 0 Å². The molecule has 0 radical (unpaired) electrons. The van der Waals surface area contributed by atoms with Gasteiger partial charge in [0.05, 0.1) is 25.9 Å². The zero-order chi connectivity index (χ0) is 19.8. The van der Waals surface area contributed by atoms with Crippen LogP contribution >= 0.6 is 0 Å². The number of aliphatic hydroxyl groups is 1. The van der Waals surface area contributed by atoms with Crippen LogP contribution in [0.4, 0.5) is 0 Å². The Labute approximate surface area is 169 Å². The Morgan fingerprint density at radius 2 is 1.68 bits per heavy atom. The molecule has 4 rings (SSSR count). The van der Waals surface area contributed by atoms with Crippen LogP contribution in [0.2, 0.25) is 0 Å². The van der Waals surface area contributed by atoms with Crippen molar-refractivity contribution < 1.29 is 14.6 Å². The third kappa shape index (κ3) is 4.23. The van der Waals surface area contributed by atoms with Gasteiger partial charge in [-0.1, -0.05) is 26.0 Å². The van der Waals surface area contributed by atoms with Crippen molar-refractivity contribution in [2.24, 2.45) is 5.41 Å². The molecule has 28 heavy (non-hydrogen) atoms. The third-order valence-electron chi connectivity index (χ3n) is 6.91. The Bertz CT molecular complexity index is 640. The molecule has 2 unspecified atom stereocenters. The SMILES string of the molecule is COc1ccc(C2(O)CC3CCC(C2)N3CC(C)(C)CN2CCOCC2)cc1. The second kappa shape index (κ2) is 7.94. The largest absolute Gasteiger partial charge is 0.497 e. The van der Waals surface area contributed by atoms with Crippen molar-refractivity contribution in [2.45, 2.75) is 57.2 Å². The Morgan fingerprint density at radius 1 is 1.07 bits per heavy atom. The fourth-order valence-electron chi connectivity index (χ4n) is 5.62. The van der Waals surface area contributed by atoms with Gasteiger partial charge in [0.1, 0.15) is 5.75 Å². The van der Waals surface area contributed by atoms with Crippen LogP contribution in [0.5, 0.6) is 5.75 Å². The summed E-state index contributed by atoms with van der Waals surface area (Å²) in [4.78, 5) is 5.25. The number of methoxy groups -OCH3 is 1. The normalized spacial score (nSPS) is 31.9. The van der Waals surface area contributed by atoms with Crippen LogP contribution < -0.4 is 4.74 Å². The summed E-state index contributed by atoms with van der Waals surface area (Å²) in [6, 6.07) is 8.97. The van der Waals surface area contributed by atoms with Gasteiger partial charge < -0.3 is 14.6 Å². The first-order valence-electron chi connectivity index (χ1n) is 10.8. The van der Waals surface area contributed by atoms with Gasteiger partial charge in [0, 0.05) is 38.3 Å². The molecule has 0 spiro atoms. The Morgan fingerprint density at radius 3 is 2.25 bits per heavy atom. The number of benzene rings is 1. The Kier molecular flexibility index (Phi) is 5.71. The monoisotopic (exact) mass is 388 g/mol. The van der Waals surface area contributed by atoms with Crippen molar-refractivity contribution in [3.63, 3.8) is 0 Å². The first-order chi connectivity index (χ1) is 13.4. The summed E-state index contributed by atoms with van der Waals surface area (Å²) in [5.74, 6) is 0.845. The number of piperidine rings is 1. The molecule has 1 aromatic carbocycles. The maximum absolute atomic E-state index is 11.5. The molecule has 0 aliphatic carbocycles. The van der Waals surface area contributed by atoms with Crippen molar-refractivity contribution in [3.05, 3.63) is 29.8 Å². The Hall–Kier alpha value is -1.14. The molecule has 0 amide bonds. The van der Waals surface area contributed by atoms with Crippen LogP contribution in [0.15, 0.2) is 24.3 Å². The number of morpholine rings is 1. The van der Waals surface area contributed by atoms with Crippen molar-refractivity contribution in [1.29, 1.82) is 0 Å². The van der Waals surface area contributed by atoms with E-state index in [-0.39, 0.29) is 5.41 Å². The minimum Gasteiger partial charge on any atom is -0.497 e. The number of hydrogen-bond acceptors (Lipinski definition) is 5. The van der Waals surface area contributed by atoms with Gasteiger partial charge in [-0.25, -0.2) is 0 Å². The van der Waals surface area contributed by atoms with Gasteiger partial charge in [0.15, 0.2) is 0 Å². The van der Waals surface area contributed by atoms with Gasteiger partial charge in [-0.05, 0) is 48.8 Å². The highest BCUT2D eigenvalue weighted by molar-refractivity contribution is 5.32. The van der Waals surface area contributed by atoms with Crippen LogP contribution in [-0.2, 0) is 10.3 Å². The van der Waals surface area contributed by atoms with Crippen LogP contribution in [0.25, 0.3) is 0 Å². The first kappa shape index (κ1) is 20.1. The molecule has 156 valence electrons. The van der Waals surface area contributed by atoms with E-state index in [0.717, 1.165) is 63.5 Å². The second-order valence-electron chi connectivity index (χ2n) is 9.78. The van der Waals surface area contributed by atoms with Crippen LogP contribution in [-0.4, -0.2) is 73.5 Å². The zero-order valence-corrected chi connectivity index (χ0v) is 17.7. The number of rotatable bonds is 6. The summed E-state index contributed by atoms with van der Waals surface area (Å²) in [6.07, 6.45) is 4.08. The lowest BCUT2D eigenvalue weighted by atomic mass is 9.79. The molecule has 1 N–H and O–H groups in total. The summed E-state index contributed by atoms with van der Waals surface area (Å²) < 4.78 is 10.8. The van der Waals surface area contributed by atoms with E-state index in [1.54, 1.807) is 7.11 Å². The lowest BCUT2D eigenvalue weighted by Gasteiger charge is -2.47. The fraction of sp³-hybridized carbons (Fsp3) is 0.739. The maximum atomic E-state index is 11.5. The summed E-state index contributed by atoms with van der Waals surface area (Å²) >= 11 is 0. The van der Waals surface area contributed by atoms with Gasteiger partial charge in [-0.3, -0.25) is 9.80 Å². The Balaban J connectivity index is 1.41. The lowest BCUT2D eigenvalue weighted by molar-refractivity contribution is -0.0689. The third-order valence-corrected chi connectivity index (χ3v) is 6.91. The molecule has 5 heteroatoms. The highest BCUT2D eigenvalue weighted by Gasteiger charge is 2.49. The molecule has 3 heterocycles. The molecule has 2 atom stereocenters. The maximum Gasteiger partial charge on any atom is 0.118 e. The van der Waals surface area contributed by atoms with Crippen molar-refractivity contribution in [3.8, 4) is 5.75 Å². The number of ether oxygens (including phenoxy) is 2. The average molecular weight is 389 g/mol. The van der Waals surface area contributed by atoms with Gasteiger partial charge in [-0.15, -0.1) is 0 Å². The van der Waals surface area contributed by atoms with Crippen LogP contribution in [0.1, 0.15) is 45.1 Å². The van der Waals surface area contributed by atoms with Gasteiger partial charge >= 0.3 is 0 Å². The molecule has 2 bridgehead atoms. The summed E-state index contributed by atoms with van der Waals surface area (Å²) in [5, 5.41) is 11.5. The number of nitrogens with zero attached hydrogens (tertiary/aromatic N) is 2. The molecule has 1 aromatic rings. The van der Waals surface area contributed by atoms with E-state index < -0.39 is 5.60 Å². The van der Waals surface area contributed by atoms with Crippen molar-refractivity contribution in [2.75, 3.05) is 46.5 Å². The average Bonchev–Trinajstić information content (AvgIpc) is 2.91. The zero-order valence-electron chi connectivity index (χ0n) is 17.7. The van der Waals surface area contributed by atoms with E-state index in [1.807, 2.05) is 24.3 Å². The highest BCUT2D eigenvalue weighted by atomic mass is 16.5. The van der Waals surface area contributed by atoms with Crippen molar-refractivity contribution in [1.82, 2.24) is 9.80 Å². The fourth-order valence-corrected chi connectivity index (χ4v) is 5.62. The van der Waals surface area contributed by atoms with E-state index in [1.165, 1.54) is 12.8 Å². The molecule has 0 aromatic heterocycles. The molecule has 3 fully saturated rings. The standard InChI is InChI=1S/C23H36N2O3/c1-22(2,16-24-10-12-28-13-11-24)17-25-19-6-7-20(25)15-23(26,14-19)18-4-8-21(27-3)9-5-18/h4-5,8-9,19-20,26H,6-7,10-17H2,1-3H3. The lowest BCUT2D eigenvalue weighted by Crippen LogP contribution is -2.54. The van der Waals surface area contributed by atoms with Crippen molar-refractivity contribution >= 4 is 0 Å². The first-order valence-corrected chi connectivity index (χ1v) is 10.8. The van der Waals surface area contributed by atoms with E-state index >= 15 is 0 Å². The summed E-state index contributed by atoms with van der Waals surface area (Å²) in [7, 11) is 1.68. The smallest absolute Gasteiger partial charge is 0.118 e. The molecule has 3 aliphatic heterocycles. The molecular formula is C23H36N2O3. The predicted molar refractivity (Wildman–Crippen MR) is 111 cm³/mol. The molecule has 3 aliphatic rings. The van der Waals surface area contributed by atoms with E-state index in [9.17, 15) is 5.11 Å². The number of fused-ring (bicyclic) bond motifs is 2. The molecular weight excluding hydrogens is 352 g/mol. The quantitative estimate of drug-likeness (QED) is 0.812. The highest BCUT2D eigenvalue weighted by Crippen LogP contribution is 2.46. The van der Waals surface area contributed by atoms with Gasteiger partial charge in [0.25, 0.3) is 0 Å². The van der Waals surface area contributed by atoms with Gasteiger partial charge in [0.2, 0.25) is 0 Å². The van der Waals surface area contributed by atoms with E-state index in [2.05, 4.69) is 23.6 Å². The molecule has 0 saturated carbocycles. The topological polar surface area (TPSA) is 45.2 Å². The van der Waals surface area contributed by atoms with Gasteiger partial charge in [-0.2, -0.15) is 0 Å². The minimum absolute atomic E-state index is 0.244. The van der Waals surface area contributed by atoms with Crippen LogP contribution in [0, 0.1) is 5.41 Å². The summed E-state index contributed by atoms with van der Waals surface area (Å²) in [6.45, 7) is 10.8.